The molecule has 1 aromatic heterocycles. The fraction of sp³-hybridized carbons (Fsp3) is 0.273. The summed E-state index contributed by atoms with van der Waals surface area (Å²) in [5.74, 6) is 0.744. The number of hydrogen-bond acceptors (Lipinski definition) is 3. The van der Waals surface area contributed by atoms with E-state index in [2.05, 4.69) is 26.1 Å². The van der Waals surface area contributed by atoms with Crippen molar-refractivity contribution in [3.63, 3.8) is 0 Å². The van der Waals surface area contributed by atoms with E-state index in [0.29, 0.717) is 18.2 Å². The van der Waals surface area contributed by atoms with E-state index in [1.54, 1.807) is 13.4 Å². The Hall–Kier alpha value is -0.910. The molecular weight excluding hydrogens is 305 g/mol. The Bertz CT molecular complexity index is 515. The molecular formula is C11H11BrClN3O. The van der Waals surface area contributed by atoms with Crippen LogP contribution < -0.4 is 0 Å². The summed E-state index contributed by atoms with van der Waals surface area (Å²) >= 11 is 9.63. The second-order valence-corrected chi connectivity index (χ2v) is 4.67. The quantitative estimate of drug-likeness (QED) is 0.870. The molecule has 6 heteroatoms. The summed E-state index contributed by atoms with van der Waals surface area (Å²) in [7, 11) is 1.66. The zero-order chi connectivity index (χ0) is 12.3. The van der Waals surface area contributed by atoms with Crippen LogP contribution in [0.4, 0.5) is 0 Å². The lowest BCUT2D eigenvalue weighted by molar-refractivity contribution is 0.187. The van der Waals surface area contributed by atoms with Crippen LogP contribution in [0.5, 0.6) is 0 Å². The topological polar surface area (TPSA) is 39.9 Å². The highest BCUT2D eigenvalue weighted by atomic mass is 79.9. The number of halogens is 2. The molecule has 0 bridgehead atoms. The molecule has 0 atom stereocenters. The molecule has 90 valence electrons. The Balaban J connectivity index is 2.39. The minimum absolute atomic E-state index is 0.608. The minimum atomic E-state index is 0.608. The average Bonchev–Trinajstić information content (AvgIpc) is 2.78. The van der Waals surface area contributed by atoms with Crippen LogP contribution in [0.15, 0.2) is 29.0 Å². The van der Waals surface area contributed by atoms with Crippen molar-refractivity contribution in [3.05, 3.63) is 34.0 Å². The normalized spacial score (nSPS) is 10.8. The van der Waals surface area contributed by atoms with Gasteiger partial charge in [0, 0.05) is 23.7 Å². The smallest absolute Gasteiger partial charge is 0.165 e. The molecule has 0 N–H and O–H groups in total. The molecule has 2 aromatic rings. The maximum Gasteiger partial charge on any atom is 0.165 e. The Morgan fingerprint density at radius 2 is 2.29 bits per heavy atom. The molecule has 0 saturated carbocycles. The van der Waals surface area contributed by atoms with Crippen molar-refractivity contribution < 1.29 is 4.74 Å². The van der Waals surface area contributed by atoms with Crippen LogP contribution >= 0.6 is 27.5 Å². The predicted octanol–water partition coefficient (Wildman–Crippen LogP) is 3.01. The first-order chi connectivity index (χ1) is 8.24. The van der Waals surface area contributed by atoms with Gasteiger partial charge in [-0.25, -0.2) is 0 Å². The molecule has 1 heterocycles. The lowest BCUT2D eigenvalue weighted by Gasteiger charge is -2.08. The zero-order valence-electron chi connectivity index (χ0n) is 9.23. The number of rotatable bonds is 4. The first-order valence-electron chi connectivity index (χ1n) is 5.05. The van der Waals surface area contributed by atoms with Gasteiger partial charge in [0.2, 0.25) is 0 Å². The minimum Gasteiger partial charge on any atom is -0.383 e. The third-order valence-corrected chi connectivity index (χ3v) is 3.64. The first-order valence-corrected chi connectivity index (χ1v) is 6.22. The van der Waals surface area contributed by atoms with Crippen LogP contribution in [0.25, 0.3) is 11.4 Å². The summed E-state index contributed by atoms with van der Waals surface area (Å²) in [5.41, 5.74) is 0.856. The van der Waals surface area contributed by atoms with Gasteiger partial charge >= 0.3 is 0 Å². The standard InChI is InChI=1S/C11H11BrClN3O/c1-17-6-5-16-7-14-15-11(16)8-3-2-4-9(12)10(8)13/h2-4,7H,5-6H2,1H3. The number of methoxy groups -OCH3 is 1. The Kier molecular flexibility index (Phi) is 4.15. The van der Waals surface area contributed by atoms with E-state index in [0.717, 1.165) is 15.9 Å². The summed E-state index contributed by atoms with van der Waals surface area (Å²) in [5, 5.41) is 8.64. The number of hydrogen-bond donors (Lipinski definition) is 0. The van der Waals surface area contributed by atoms with E-state index >= 15 is 0 Å². The molecule has 4 nitrogen and oxygen atoms in total. The van der Waals surface area contributed by atoms with Crippen LogP contribution in [0, 0.1) is 0 Å². The van der Waals surface area contributed by atoms with Crippen LogP contribution in [0.1, 0.15) is 0 Å². The highest BCUT2D eigenvalue weighted by Gasteiger charge is 2.12. The highest BCUT2D eigenvalue weighted by molar-refractivity contribution is 9.10. The van der Waals surface area contributed by atoms with E-state index in [1.165, 1.54) is 0 Å². The van der Waals surface area contributed by atoms with E-state index in [1.807, 2.05) is 22.8 Å². The van der Waals surface area contributed by atoms with Gasteiger partial charge in [-0.2, -0.15) is 0 Å². The Morgan fingerprint density at radius 1 is 1.47 bits per heavy atom. The third-order valence-electron chi connectivity index (χ3n) is 2.34. The van der Waals surface area contributed by atoms with Gasteiger partial charge in [-0.1, -0.05) is 17.7 Å². The monoisotopic (exact) mass is 315 g/mol. The summed E-state index contributed by atoms with van der Waals surface area (Å²) in [4.78, 5) is 0. The van der Waals surface area contributed by atoms with Gasteiger partial charge in [0.05, 0.1) is 11.6 Å². The van der Waals surface area contributed by atoms with Gasteiger partial charge in [-0.15, -0.1) is 10.2 Å². The molecule has 0 spiro atoms. The molecule has 17 heavy (non-hydrogen) atoms. The van der Waals surface area contributed by atoms with Gasteiger partial charge in [0.25, 0.3) is 0 Å². The largest absolute Gasteiger partial charge is 0.383 e. The molecule has 2 rings (SSSR count). The number of aromatic nitrogens is 3. The fourth-order valence-electron chi connectivity index (χ4n) is 1.49. The van der Waals surface area contributed by atoms with Crippen LogP contribution in [-0.2, 0) is 11.3 Å². The summed E-state index contributed by atoms with van der Waals surface area (Å²) < 4.78 is 7.80. The van der Waals surface area contributed by atoms with Gasteiger partial charge in [0.15, 0.2) is 5.82 Å². The first kappa shape index (κ1) is 12.5. The van der Waals surface area contributed by atoms with Crippen molar-refractivity contribution >= 4 is 27.5 Å². The molecule has 0 aliphatic rings. The average molecular weight is 317 g/mol. The van der Waals surface area contributed by atoms with Crippen molar-refractivity contribution in [2.75, 3.05) is 13.7 Å². The third kappa shape index (κ3) is 2.68. The Labute approximate surface area is 113 Å². The van der Waals surface area contributed by atoms with Gasteiger partial charge < -0.3 is 9.30 Å². The number of nitrogens with zero attached hydrogens (tertiary/aromatic N) is 3. The lowest BCUT2D eigenvalue weighted by Crippen LogP contribution is -2.05. The van der Waals surface area contributed by atoms with Gasteiger partial charge in [0.1, 0.15) is 6.33 Å². The molecule has 0 unspecified atom stereocenters. The van der Waals surface area contributed by atoms with Gasteiger partial charge in [-0.05, 0) is 28.1 Å². The van der Waals surface area contributed by atoms with E-state index in [9.17, 15) is 0 Å². The molecule has 0 amide bonds. The molecule has 0 saturated heterocycles. The van der Waals surface area contributed by atoms with E-state index in [-0.39, 0.29) is 0 Å². The van der Waals surface area contributed by atoms with Crippen molar-refractivity contribution in [2.45, 2.75) is 6.54 Å². The van der Waals surface area contributed by atoms with Crippen LogP contribution in [0.3, 0.4) is 0 Å². The summed E-state index contributed by atoms with van der Waals surface area (Å²) in [6, 6.07) is 5.72. The number of benzene rings is 1. The van der Waals surface area contributed by atoms with Crippen molar-refractivity contribution in [3.8, 4) is 11.4 Å². The Morgan fingerprint density at radius 3 is 3.06 bits per heavy atom. The highest BCUT2D eigenvalue weighted by Crippen LogP contribution is 2.32. The van der Waals surface area contributed by atoms with E-state index < -0.39 is 0 Å². The second-order valence-electron chi connectivity index (χ2n) is 3.44. The summed E-state index contributed by atoms with van der Waals surface area (Å²) in [6.07, 6.45) is 1.67. The summed E-state index contributed by atoms with van der Waals surface area (Å²) in [6.45, 7) is 1.30. The molecule has 0 aliphatic heterocycles. The number of ether oxygens (including phenoxy) is 1. The zero-order valence-corrected chi connectivity index (χ0v) is 11.6. The fourth-order valence-corrected chi connectivity index (χ4v) is 2.07. The molecule has 0 radical (unpaired) electrons. The van der Waals surface area contributed by atoms with Crippen molar-refractivity contribution in [1.82, 2.24) is 14.8 Å². The predicted molar refractivity (Wildman–Crippen MR) is 70.0 cm³/mol. The van der Waals surface area contributed by atoms with Gasteiger partial charge in [-0.3, -0.25) is 0 Å². The maximum absolute atomic E-state index is 6.23. The molecule has 1 aromatic carbocycles. The molecule has 0 aliphatic carbocycles. The lowest BCUT2D eigenvalue weighted by atomic mass is 10.2. The van der Waals surface area contributed by atoms with Crippen LogP contribution in [-0.4, -0.2) is 28.5 Å². The SMILES string of the molecule is COCCn1cnnc1-c1cccc(Br)c1Cl. The second kappa shape index (κ2) is 5.62. The van der Waals surface area contributed by atoms with E-state index in [4.69, 9.17) is 16.3 Å². The van der Waals surface area contributed by atoms with Crippen LogP contribution in [0.2, 0.25) is 5.02 Å². The molecule has 0 fully saturated rings. The van der Waals surface area contributed by atoms with Crippen molar-refractivity contribution in [1.29, 1.82) is 0 Å². The van der Waals surface area contributed by atoms with Crippen molar-refractivity contribution in [2.24, 2.45) is 0 Å². The maximum atomic E-state index is 6.23.